The Labute approximate surface area is 287 Å². The molecule has 0 saturated carbocycles. The number of halogens is 1. The molecule has 2 aromatic rings. The maximum Gasteiger partial charge on any atom is 0.251 e. The Hall–Kier alpha value is -3.27. The maximum atomic E-state index is 15.1. The highest BCUT2D eigenvalue weighted by molar-refractivity contribution is 8.02. The van der Waals surface area contributed by atoms with Gasteiger partial charge in [-0.05, 0) is 75.4 Å². The van der Waals surface area contributed by atoms with Crippen molar-refractivity contribution in [2.45, 2.75) is 69.0 Å². The van der Waals surface area contributed by atoms with Crippen LogP contribution < -0.4 is 14.5 Å². The zero-order valence-electron chi connectivity index (χ0n) is 27.9. The van der Waals surface area contributed by atoms with Gasteiger partial charge in [-0.25, -0.2) is 0 Å². The van der Waals surface area contributed by atoms with E-state index in [9.17, 15) is 14.7 Å². The normalized spacial score (nSPS) is 26.7. The van der Waals surface area contributed by atoms with E-state index < -0.39 is 33.4 Å². The third-order valence-corrected chi connectivity index (χ3v) is 12.4. The molecule has 1 spiro atoms. The molecule has 8 nitrogen and oxygen atoms in total. The average molecular weight is 680 g/mol. The molecule has 0 aromatic heterocycles. The number of amides is 3. The highest BCUT2D eigenvalue weighted by atomic mass is 35.5. The molecule has 3 saturated heterocycles. The first-order valence-electron chi connectivity index (χ1n) is 16.4. The summed E-state index contributed by atoms with van der Waals surface area (Å²) in [5, 5.41) is 11.1. The highest BCUT2D eigenvalue weighted by Gasteiger charge is 2.78. The molecule has 2 unspecified atom stereocenters. The van der Waals surface area contributed by atoms with Gasteiger partial charge in [0.25, 0.3) is 5.91 Å². The minimum Gasteiger partial charge on any atom is -0.494 e. The number of fused-ring (bicyclic) bond motifs is 1. The largest absolute Gasteiger partial charge is 0.494 e. The zero-order chi connectivity index (χ0) is 34.3. The number of hydrogen-bond donors (Lipinski definition) is 1. The molecule has 6 atom stereocenters. The van der Waals surface area contributed by atoms with Crippen molar-refractivity contribution >= 4 is 52.5 Å². The predicted octanol–water partition coefficient (Wildman–Crippen LogP) is 6.28. The number of thioether (sulfide) groups is 1. The minimum atomic E-state index is -0.918. The minimum absolute atomic E-state index is 0.141. The molecule has 0 aliphatic carbocycles. The molecular formula is C37H46ClN3O5S. The molecule has 10 heteroatoms. The number of anilines is 2. The molecule has 3 aliphatic rings. The van der Waals surface area contributed by atoms with Gasteiger partial charge in [-0.2, -0.15) is 0 Å². The average Bonchev–Trinajstić information content (AvgIpc) is 3.60. The standard InChI is InChI=1S/C37H46ClN3O5S/c1-8-20-39(25-14-16-26(17-15-25)46-10-3)33(43)29-30-34(44)41(28(22-42)23(4)5)32(37(30)19-18-36(29,7)47-37)35(45)40(21-9-2)31-24(6)12-11-13-27(31)38/h8-9,11-17,23,28-30,32,42H,1-2,10,18-22H2,3-7H3/t28-,29-,30-,32?,36+,37?/m0/s1. The van der Waals surface area contributed by atoms with E-state index in [-0.39, 0.29) is 43.3 Å². The van der Waals surface area contributed by atoms with Gasteiger partial charge in [0, 0.05) is 23.5 Å². The first kappa shape index (κ1) is 35.0. The summed E-state index contributed by atoms with van der Waals surface area (Å²) in [5.74, 6) is -1.60. The Balaban J connectivity index is 1.63. The predicted molar refractivity (Wildman–Crippen MR) is 190 cm³/mol. The Kier molecular flexibility index (Phi) is 10.2. The van der Waals surface area contributed by atoms with E-state index in [0.717, 1.165) is 5.56 Å². The lowest BCUT2D eigenvalue weighted by Crippen LogP contribution is -2.58. The summed E-state index contributed by atoms with van der Waals surface area (Å²) in [6, 6.07) is 11.3. The fraction of sp³-hybridized carbons (Fsp3) is 0.486. The van der Waals surface area contributed by atoms with Crippen molar-refractivity contribution in [3.05, 3.63) is 78.4 Å². The summed E-state index contributed by atoms with van der Waals surface area (Å²) in [5.41, 5.74) is 2.07. The summed E-state index contributed by atoms with van der Waals surface area (Å²) in [7, 11) is 0. The molecule has 3 heterocycles. The van der Waals surface area contributed by atoms with E-state index in [0.29, 0.717) is 41.6 Å². The monoisotopic (exact) mass is 679 g/mol. The lowest BCUT2D eigenvalue weighted by Gasteiger charge is -2.41. The van der Waals surface area contributed by atoms with Gasteiger partial charge in [-0.1, -0.05) is 49.7 Å². The summed E-state index contributed by atoms with van der Waals surface area (Å²) in [6.07, 6.45) is 4.59. The molecule has 3 aliphatic heterocycles. The van der Waals surface area contributed by atoms with Gasteiger partial charge in [0.1, 0.15) is 11.8 Å². The number of para-hydroxylation sites is 1. The van der Waals surface area contributed by atoms with E-state index in [1.54, 1.807) is 44.7 Å². The third kappa shape index (κ3) is 5.78. The zero-order valence-corrected chi connectivity index (χ0v) is 29.5. The summed E-state index contributed by atoms with van der Waals surface area (Å²) < 4.78 is 4.16. The van der Waals surface area contributed by atoms with E-state index in [1.165, 1.54) is 0 Å². The smallest absolute Gasteiger partial charge is 0.251 e. The van der Waals surface area contributed by atoms with E-state index in [2.05, 4.69) is 20.1 Å². The fourth-order valence-electron chi connectivity index (χ4n) is 8.04. The maximum absolute atomic E-state index is 15.1. The second kappa shape index (κ2) is 13.7. The Morgan fingerprint density at radius 2 is 1.77 bits per heavy atom. The van der Waals surface area contributed by atoms with Gasteiger partial charge in [0.2, 0.25) is 11.8 Å². The molecule has 0 radical (unpaired) electrons. The molecule has 5 rings (SSSR count). The Morgan fingerprint density at radius 3 is 2.34 bits per heavy atom. The number of benzene rings is 2. The summed E-state index contributed by atoms with van der Waals surface area (Å²) in [6.45, 7) is 18.2. The van der Waals surface area contributed by atoms with Gasteiger partial charge >= 0.3 is 0 Å². The molecule has 3 fully saturated rings. The Bertz CT molecular complexity index is 1530. The first-order valence-corrected chi connectivity index (χ1v) is 17.6. The number of ether oxygens (including phenoxy) is 1. The van der Waals surface area contributed by atoms with Crippen LogP contribution in [0.3, 0.4) is 0 Å². The van der Waals surface area contributed by atoms with Gasteiger partial charge in [0.05, 0.1) is 46.5 Å². The van der Waals surface area contributed by atoms with Crippen LogP contribution in [0.2, 0.25) is 5.02 Å². The van der Waals surface area contributed by atoms with Crippen molar-refractivity contribution < 1.29 is 24.2 Å². The lowest BCUT2D eigenvalue weighted by molar-refractivity contribution is -0.143. The number of aliphatic hydroxyl groups excluding tert-OH is 1. The van der Waals surface area contributed by atoms with Crippen molar-refractivity contribution in [3.63, 3.8) is 0 Å². The SMILES string of the molecule is C=CCN(C(=O)[C@@H]1[C@H]2C(=O)N([C@@H](CO)C(C)C)C(C(=O)N(CC=C)c3c(C)cccc3Cl)C23CC[C@@]1(C)S3)c1ccc(OCC)cc1. The number of carbonyl (C=O) groups is 3. The van der Waals surface area contributed by atoms with Crippen LogP contribution in [0.1, 0.15) is 46.1 Å². The van der Waals surface area contributed by atoms with Crippen LogP contribution in [-0.2, 0) is 14.4 Å². The summed E-state index contributed by atoms with van der Waals surface area (Å²) >= 11 is 8.33. The highest BCUT2D eigenvalue weighted by Crippen LogP contribution is 2.72. The van der Waals surface area contributed by atoms with Crippen LogP contribution >= 0.6 is 23.4 Å². The molecule has 2 aromatic carbocycles. The van der Waals surface area contributed by atoms with Crippen molar-refractivity contribution in [2.24, 2.45) is 17.8 Å². The van der Waals surface area contributed by atoms with E-state index in [4.69, 9.17) is 16.3 Å². The quantitative estimate of drug-likeness (QED) is 0.251. The molecule has 252 valence electrons. The number of aryl methyl sites for hydroxylation is 1. The van der Waals surface area contributed by atoms with Gasteiger partial charge in [-0.3, -0.25) is 14.4 Å². The van der Waals surface area contributed by atoms with Crippen molar-refractivity contribution in [2.75, 3.05) is 36.1 Å². The number of carbonyl (C=O) groups excluding carboxylic acids is 3. The third-order valence-electron chi connectivity index (χ3n) is 10.1. The topological polar surface area (TPSA) is 90.4 Å². The van der Waals surface area contributed by atoms with Crippen molar-refractivity contribution in [1.82, 2.24) is 4.90 Å². The van der Waals surface area contributed by atoms with Gasteiger partial charge in [0.15, 0.2) is 0 Å². The van der Waals surface area contributed by atoms with Crippen LogP contribution in [0.4, 0.5) is 11.4 Å². The van der Waals surface area contributed by atoms with Crippen molar-refractivity contribution in [1.29, 1.82) is 0 Å². The van der Waals surface area contributed by atoms with Crippen LogP contribution in [0, 0.1) is 24.7 Å². The Morgan fingerprint density at radius 1 is 1.11 bits per heavy atom. The van der Waals surface area contributed by atoms with Gasteiger partial charge in [-0.15, -0.1) is 24.9 Å². The van der Waals surface area contributed by atoms with Crippen LogP contribution in [0.5, 0.6) is 5.75 Å². The first-order chi connectivity index (χ1) is 22.4. The second-order valence-corrected chi connectivity index (χ2v) is 15.6. The van der Waals surface area contributed by atoms with E-state index >= 15 is 4.79 Å². The molecule has 1 N–H and O–H groups in total. The lowest BCUT2D eigenvalue weighted by atomic mass is 9.66. The van der Waals surface area contributed by atoms with E-state index in [1.807, 2.05) is 64.1 Å². The molecule has 3 amide bonds. The fourth-order valence-corrected chi connectivity index (χ4v) is 10.7. The number of nitrogens with zero attached hydrogens (tertiary/aromatic N) is 3. The molecule has 2 bridgehead atoms. The van der Waals surface area contributed by atoms with Crippen LogP contribution in [-0.4, -0.2) is 75.6 Å². The number of rotatable bonds is 13. The number of aliphatic hydroxyl groups is 1. The van der Waals surface area contributed by atoms with Crippen molar-refractivity contribution in [3.8, 4) is 5.75 Å². The number of hydrogen-bond acceptors (Lipinski definition) is 6. The summed E-state index contributed by atoms with van der Waals surface area (Å²) in [4.78, 5) is 49.7. The molecular weight excluding hydrogens is 634 g/mol. The van der Waals surface area contributed by atoms with Crippen LogP contribution in [0.15, 0.2) is 67.8 Å². The number of likely N-dealkylation sites (tertiary alicyclic amines) is 1. The van der Waals surface area contributed by atoms with Gasteiger partial charge < -0.3 is 24.5 Å². The molecule has 47 heavy (non-hydrogen) atoms. The second-order valence-electron chi connectivity index (χ2n) is 13.3. The van der Waals surface area contributed by atoms with Crippen LogP contribution in [0.25, 0.3) is 0 Å².